The number of amides is 1. The van der Waals surface area contributed by atoms with Crippen molar-refractivity contribution < 1.29 is 19.1 Å². The second-order valence-corrected chi connectivity index (χ2v) is 4.14. The summed E-state index contributed by atoms with van der Waals surface area (Å²) in [7, 11) is 0. The van der Waals surface area contributed by atoms with Crippen LogP contribution >= 0.6 is 0 Å². The maximum atomic E-state index is 13.5. The summed E-state index contributed by atoms with van der Waals surface area (Å²) >= 11 is 0. The van der Waals surface area contributed by atoms with Crippen molar-refractivity contribution in [2.24, 2.45) is 11.7 Å². The minimum absolute atomic E-state index is 0.00793. The molecule has 0 aliphatic heterocycles. The first kappa shape index (κ1) is 14.0. The summed E-state index contributed by atoms with van der Waals surface area (Å²) in [5.41, 5.74) is 5.33. The SMILES string of the molecule is CC(CNc1ccc(C(N)=O)cc1F)CC(=O)O. The van der Waals surface area contributed by atoms with Gasteiger partial charge < -0.3 is 16.2 Å². The Bertz CT molecular complexity index is 463. The van der Waals surface area contributed by atoms with Gasteiger partial charge in [0.2, 0.25) is 5.91 Å². The van der Waals surface area contributed by atoms with Gasteiger partial charge >= 0.3 is 5.97 Å². The van der Waals surface area contributed by atoms with Crippen LogP contribution in [0, 0.1) is 11.7 Å². The molecule has 0 saturated heterocycles. The smallest absolute Gasteiger partial charge is 0.303 e. The molecule has 0 spiro atoms. The van der Waals surface area contributed by atoms with Gasteiger partial charge in [-0.1, -0.05) is 6.92 Å². The number of nitrogens with two attached hydrogens (primary N) is 1. The molecule has 0 saturated carbocycles. The monoisotopic (exact) mass is 254 g/mol. The normalized spacial score (nSPS) is 11.9. The Morgan fingerprint density at radius 2 is 2.17 bits per heavy atom. The van der Waals surface area contributed by atoms with Crippen molar-refractivity contribution in [1.82, 2.24) is 0 Å². The summed E-state index contributed by atoms with van der Waals surface area (Å²) in [5.74, 6) is -2.31. The highest BCUT2D eigenvalue weighted by Gasteiger charge is 2.10. The Hall–Kier alpha value is -2.11. The molecule has 1 amide bonds. The maximum absolute atomic E-state index is 13.5. The van der Waals surface area contributed by atoms with Crippen LogP contribution < -0.4 is 11.1 Å². The zero-order valence-corrected chi connectivity index (χ0v) is 9.94. The van der Waals surface area contributed by atoms with Crippen LogP contribution in [0.25, 0.3) is 0 Å². The molecule has 1 aromatic carbocycles. The summed E-state index contributed by atoms with van der Waals surface area (Å²) in [4.78, 5) is 21.3. The van der Waals surface area contributed by atoms with Gasteiger partial charge in [-0.25, -0.2) is 4.39 Å². The minimum atomic E-state index is -0.895. The summed E-state index contributed by atoms with van der Waals surface area (Å²) in [5, 5.41) is 11.4. The number of hydrogen-bond donors (Lipinski definition) is 3. The minimum Gasteiger partial charge on any atom is -0.481 e. The van der Waals surface area contributed by atoms with Crippen molar-refractivity contribution in [2.45, 2.75) is 13.3 Å². The summed E-state index contributed by atoms with van der Waals surface area (Å²) in [6, 6.07) is 3.87. The number of carboxylic acid groups (broad SMARTS) is 1. The van der Waals surface area contributed by atoms with E-state index in [0.717, 1.165) is 6.07 Å². The van der Waals surface area contributed by atoms with E-state index in [0.29, 0.717) is 6.54 Å². The molecule has 5 nitrogen and oxygen atoms in total. The number of carbonyl (C=O) groups excluding carboxylic acids is 1. The lowest BCUT2D eigenvalue weighted by atomic mass is 10.1. The molecular formula is C12H15FN2O3. The van der Waals surface area contributed by atoms with Crippen molar-refractivity contribution in [3.8, 4) is 0 Å². The lowest BCUT2D eigenvalue weighted by Gasteiger charge is -2.12. The quantitative estimate of drug-likeness (QED) is 0.716. The van der Waals surface area contributed by atoms with E-state index >= 15 is 0 Å². The zero-order chi connectivity index (χ0) is 13.7. The number of primary amides is 1. The van der Waals surface area contributed by atoms with Crippen molar-refractivity contribution in [3.05, 3.63) is 29.6 Å². The van der Waals surface area contributed by atoms with Crippen LogP contribution in [-0.2, 0) is 4.79 Å². The third-order valence-corrected chi connectivity index (χ3v) is 2.42. The van der Waals surface area contributed by atoms with Gasteiger partial charge in [0.15, 0.2) is 0 Å². The van der Waals surface area contributed by atoms with E-state index in [2.05, 4.69) is 5.32 Å². The average molecular weight is 254 g/mol. The molecule has 1 atom stereocenters. The van der Waals surface area contributed by atoms with Crippen LogP contribution in [-0.4, -0.2) is 23.5 Å². The predicted molar refractivity (Wildman–Crippen MR) is 64.8 cm³/mol. The van der Waals surface area contributed by atoms with Gasteiger partial charge in [0.05, 0.1) is 5.69 Å². The van der Waals surface area contributed by atoms with Gasteiger partial charge in [0.25, 0.3) is 0 Å². The van der Waals surface area contributed by atoms with E-state index in [9.17, 15) is 14.0 Å². The molecule has 6 heteroatoms. The number of carbonyl (C=O) groups is 2. The summed E-state index contributed by atoms with van der Waals surface area (Å²) in [6.07, 6.45) is 0.00793. The molecule has 0 aliphatic carbocycles. The van der Waals surface area contributed by atoms with Gasteiger partial charge in [-0.3, -0.25) is 9.59 Å². The van der Waals surface area contributed by atoms with Crippen LogP contribution in [0.15, 0.2) is 18.2 Å². The standard InChI is InChI=1S/C12H15FN2O3/c1-7(4-11(16)17)6-15-10-3-2-8(12(14)18)5-9(10)13/h2-3,5,7,15H,4,6H2,1H3,(H2,14,18)(H,16,17). The molecule has 0 aliphatic rings. The largest absolute Gasteiger partial charge is 0.481 e. The van der Waals surface area contributed by atoms with E-state index in [4.69, 9.17) is 10.8 Å². The highest BCUT2D eigenvalue weighted by atomic mass is 19.1. The average Bonchev–Trinajstić information content (AvgIpc) is 2.26. The third-order valence-electron chi connectivity index (χ3n) is 2.42. The molecule has 1 unspecified atom stereocenters. The number of carboxylic acids is 1. The molecule has 1 aromatic rings. The summed E-state index contributed by atoms with van der Waals surface area (Å²) in [6.45, 7) is 2.08. The van der Waals surface area contributed by atoms with Crippen LogP contribution in [0.2, 0.25) is 0 Å². The second kappa shape index (κ2) is 6.00. The van der Waals surface area contributed by atoms with Gasteiger partial charge in [-0.05, 0) is 24.1 Å². The highest BCUT2D eigenvalue weighted by molar-refractivity contribution is 5.93. The van der Waals surface area contributed by atoms with Crippen molar-refractivity contribution >= 4 is 17.6 Å². The van der Waals surface area contributed by atoms with Crippen molar-refractivity contribution in [1.29, 1.82) is 0 Å². The topological polar surface area (TPSA) is 92.4 Å². The first-order chi connectivity index (χ1) is 8.40. The number of nitrogens with one attached hydrogen (secondary N) is 1. The zero-order valence-electron chi connectivity index (χ0n) is 9.94. The fourth-order valence-corrected chi connectivity index (χ4v) is 1.47. The van der Waals surface area contributed by atoms with E-state index in [1.807, 2.05) is 0 Å². The Balaban J connectivity index is 2.63. The van der Waals surface area contributed by atoms with Crippen molar-refractivity contribution in [3.63, 3.8) is 0 Å². The third kappa shape index (κ3) is 4.04. The van der Waals surface area contributed by atoms with Crippen LogP contribution in [0.1, 0.15) is 23.7 Å². The van der Waals surface area contributed by atoms with E-state index < -0.39 is 17.7 Å². The fourth-order valence-electron chi connectivity index (χ4n) is 1.47. The number of aliphatic carboxylic acids is 1. The number of hydrogen-bond acceptors (Lipinski definition) is 3. The number of rotatable bonds is 6. The Morgan fingerprint density at radius 1 is 1.50 bits per heavy atom. The van der Waals surface area contributed by atoms with Crippen molar-refractivity contribution in [2.75, 3.05) is 11.9 Å². The molecule has 0 heterocycles. The second-order valence-electron chi connectivity index (χ2n) is 4.14. The van der Waals surface area contributed by atoms with E-state index in [-0.39, 0.29) is 23.6 Å². The van der Waals surface area contributed by atoms with Gasteiger partial charge in [-0.2, -0.15) is 0 Å². The molecular weight excluding hydrogens is 239 g/mol. The molecule has 0 fully saturated rings. The lowest BCUT2D eigenvalue weighted by molar-refractivity contribution is -0.137. The van der Waals surface area contributed by atoms with Gasteiger partial charge in [0.1, 0.15) is 5.82 Å². The molecule has 0 bridgehead atoms. The van der Waals surface area contributed by atoms with Gasteiger partial charge in [-0.15, -0.1) is 0 Å². The molecule has 98 valence electrons. The van der Waals surface area contributed by atoms with Crippen LogP contribution in [0.4, 0.5) is 10.1 Å². The first-order valence-corrected chi connectivity index (χ1v) is 5.45. The molecule has 1 rings (SSSR count). The number of benzene rings is 1. The van der Waals surface area contributed by atoms with Gasteiger partial charge in [0, 0.05) is 18.5 Å². The molecule has 4 N–H and O–H groups in total. The van der Waals surface area contributed by atoms with E-state index in [1.165, 1.54) is 12.1 Å². The lowest BCUT2D eigenvalue weighted by Crippen LogP contribution is -2.16. The van der Waals surface area contributed by atoms with E-state index in [1.54, 1.807) is 6.92 Å². The summed E-state index contributed by atoms with van der Waals surface area (Å²) < 4.78 is 13.5. The van der Waals surface area contributed by atoms with Crippen LogP contribution in [0.3, 0.4) is 0 Å². The Labute approximate surface area is 104 Å². The first-order valence-electron chi connectivity index (χ1n) is 5.45. The number of anilines is 1. The predicted octanol–water partition coefficient (Wildman–Crippen LogP) is 1.45. The molecule has 0 aromatic heterocycles. The molecule has 18 heavy (non-hydrogen) atoms. The number of halogens is 1. The Morgan fingerprint density at radius 3 is 2.67 bits per heavy atom. The maximum Gasteiger partial charge on any atom is 0.303 e. The molecule has 0 radical (unpaired) electrons. The highest BCUT2D eigenvalue weighted by Crippen LogP contribution is 2.16. The fraction of sp³-hybridized carbons (Fsp3) is 0.333. The van der Waals surface area contributed by atoms with Crippen LogP contribution in [0.5, 0.6) is 0 Å². The Kier molecular flexibility index (Phi) is 4.65.